The van der Waals surface area contributed by atoms with Gasteiger partial charge in [-0.2, -0.15) is 0 Å². The van der Waals surface area contributed by atoms with E-state index in [0.29, 0.717) is 36.0 Å². The lowest BCUT2D eigenvalue weighted by Crippen LogP contribution is -2.27. The highest BCUT2D eigenvalue weighted by Gasteiger charge is 2.20. The highest BCUT2D eigenvalue weighted by molar-refractivity contribution is 5.96. The average Bonchev–Trinajstić information content (AvgIpc) is 2.85. The van der Waals surface area contributed by atoms with Crippen LogP contribution in [0.2, 0.25) is 0 Å². The van der Waals surface area contributed by atoms with Crippen molar-refractivity contribution in [2.45, 2.75) is 26.8 Å². The monoisotopic (exact) mass is 302 g/mol. The number of benzene rings is 1. The number of nitrogens with zero attached hydrogens (tertiary/aromatic N) is 1. The van der Waals surface area contributed by atoms with Crippen molar-refractivity contribution >= 4 is 5.91 Å². The van der Waals surface area contributed by atoms with Gasteiger partial charge in [0.1, 0.15) is 24.5 Å². The molecule has 0 spiro atoms. The number of amides is 1. The van der Waals surface area contributed by atoms with Gasteiger partial charge in [0.15, 0.2) is 11.5 Å². The first-order chi connectivity index (χ1) is 10.6. The van der Waals surface area contributed by atoms with E-state index in [1.165, 1.54) is 0 Å². The number of carbonyl (C=O) groups is 1. The van der Waals surface area contributed by atoms with Crippen LogP contribution in [0, 0.1) is 13.8 Å². The summed E-state index contributed by atoms with van der Waals surface area (Å²) < 4.78 is 16.1. The standard InChI is InChI=1S/C16H18N2O4/c1-9(17-16(19)15-10(2)18-22-11(15)3)12-4-5-13-14(8-12)21-7-6-20-13/h4-5,8-9H,6-7H2,1-3H3,(H,17,19). The Balaban J connectivity index is 1.77. The minimum absolute atomic E-state index is 0.169. The molecule has 0 aliphatic carbocycles. The molecule has 0 saturated heterocycles. The number of ether oxygens (including phenoxy) is 2. The van der Waals surface area contributed by atoms with Crippen molar-refractivity contribution in [3.63, 3.8) is 0 Å². The Labute approximate surface area is 128 Å². The van der Waals surface area contributed by atoms with Gasteiger partial charge in [-0.25, -0.2) is 0 Å². The van der Waals surface area contributed by atoms with Crippen LogP contribution in [-0.4, -0.2) is 24.3 Å². The Morgan fingerprint density at radius 1 is 1.23 bits per heavy atom. The molecular formula is C16H18N2O4. The minimum Gasteiger partial charge on any atom is -0.486 e. The maximum absolute atomic E-state index is 12.4. The van der Waals surface area contributed by atoms with Crippen LogP contribution in [0.25, 0.3) is 0 Å². The number of aromatic nitrogens is 1. The lowest BCUT2D eigenvalue weighted by molar-refractivity contribution is 0.0937. The van der Waals surface area contributed by atoms with E-state index in [0.717, 1.165) is 11.3 Å². The van der Waals surface area contributed by atoms with Crippen LogP contribution in [0.5, 0.6) is 11.5 Å². The summed E-state index contributed by atoms with van der Waals surface area (Å²) in [4.78, 5) is 12.4. The Bertz CT molecular complexity index is 689. The number of fused-ring (bicyclic) bond motifs is 1. The summed E-state index contributed by atoms with van der Waals surface area (Å²) in [7, 11) is 0. The molecule has 1 aromatic carbocycles. The van der Waals surface area contributed by atoms with Gasteiger partial charge < -0.3 is 19.3 Å². The van der Waals surface area contributed by atoms with Crippen LogP contribution in [-0.2, 0) is 0 Å². The number of aryl methyl sites for hydroxylation is 2. The number of nitrogens with one attached hydrogen (secondary N) is 1. The average molecular weight is 302 g/mol. The third kappa shape index (κ3) is 2.64. The number of hydrogen-bond acceptors (Lipinski definition) is 5. The second-order valence-corrected chi connectivity index (χ2v) is 5.30. The highest BCUT2D eigenvalue weighted by Crippen LogP contribution is 2.32. The summed E-state index contributed by atoms with van der Waals surface area (Å²) in [6.07, 6.45) is 0. The van der Waals surface area contributed by atoms with Crippen LogP contribution in [0.3, 0.4) is 0 Å². The molecule has 22 heavy (non-hydrogen) atoms. The van der Waals surface area contributed by atoms with E-state index in [1.807, 2.05) is 25.1 Å². The van der Waals surface area contributed by atoms with Crippen LogP contribution >= 0.6 is 0 Å². The molecule has 1 aromatic heterocycles. The zero-order valence-corrected chi connectivity index (χ0v) is 12.8. The Morgan fingerprint density at radius 3 is 2.64 bits per heavy atom. The first-order valence-corrected chi connectivity index (χ1v) is 7.19. The van der Waals surface area contributed by atoms with Crippen LogP contribution in [0.15, 0.2) is 22.7 Å². The van der Waals surface area contributed by atoms with E-state index in [1.54, 1.807) is 13.8 Å². The zero-order valence-electron chi connectivity index (χ0n) is 12.8. The van der Waals surface area contributed by atoms with Gasteiger partial charge in [0, 0.05) is 0 Å². The summed E-state index contributed by atoms with van der Waals surface area (Å²) in [6, 6.07) is 5.51. The summed E-state index contributed by atoms with van der Waals surface area (Å²) in [5.41, 5.74) is 2.03. The van der Waals surface area contributed by atoms with Gasteiger partial charge in [-0.3, -0.25) is 4.79 Å². The van der Waals surface area contributed by atoms with E-state index in [-0.39, 0.29) is 11.9 Å². The second-order valence-electron chi connectivity index (χ2n) is 5.30. The van der Waals surface area contributed by atoms with Crippen LogP contribution in [0.4, 0.5) is 0 Å². The molecule has 2 aromatic rings. The maximum Gasteiger partial charge on any atom is 0.257 e. The van der Waals surface area contributed by atoms with Crippen molar-refractivity contribution < 1.29 is 18.8 Å². The Hall–Kier alpha value is -2.50. The lowest BCUT2D eigenvalue weighted by Gasteiger charge is -2.21. The molecule has 6 nitrogen and oxygen atoms in total. The molecule has 3 rings (SSSR count). The Morgan fingerprint density at radius 2 is 1.95 bits per heavy atom. The first kappa shape index (κ1) is 14.4. The van der Waals surface area contributed by atoms with Gasteiger partial charge in [-0.05, 0) is 38.5 Å². The molecule has 0 saturated carbocycles. The molecule has 2 heterocycles. The molecule has 6 heteroatoms. The predicted octanol–water partition coefficient (Wildman–Crippen LogP) is 2.55. The third-order valence-electron chi connectivity index (χ3n) is 3.67. The molecule has 0 fully saturated rings. The Kier molecular flexibility index (Phi) is 3.75. The highest BCUT2D eigenvalue weighted by atomic mass is 16.6. The summed E-state index contributed by atoms with van der Waals surface area (Å²) in [5, 5.41) is 6.75. The van der Waals surface area contributed by atoms with E-state index in [4.69, 9.17) is 14.0 Å². The third-order valence-corrected chi connectivity index (χ3v) is 3.67. The normalized spacial score (nSPS) is 14.5. The number of hydrogen-bond donors (Lipinski definition) is 1. The van der Waals surface area contributed by atoms with Gasteiger partial charge >= 0.3 is 0 Å². The van der Waals surface area contributed by atoms with Crippen molar-refractivity contribution in [1.82, 2.24) is 10.5 Å². The number of rotatable bonds is 3. The fourth-order valence-corrected chi connectivity index (χ4v) is 2.49. The van der Waals surface area contributed by atoms with Gasteiger partial charge in [-0.15, -0.1) is 0 Å². The quantitative estimate of drug-likeness (QED) is 0.943. The molecule has 1 atom stereocenters. The van der Waals surface area contributed by atoms with Crippen LogP contribution in [0.1, 0.15) is 40.3 Å². The molecule has 0 radical (unpaired) electrons. The topological polar surface area (TPSA) is 73.6 Å². The first-order valence-electron chi connectivity index (χ1n) is 7.19. The zero-order chi connectivity index (χ0) is 15.7. The van der Waals surface area contributed by atoms with Gasteiger partial charge in [0.25, 0.3) is 5.91 Å². The summed E-state index contributed by atoms with van der Waals surface area (Å²) in [6.45, 7) is 6.49. The van der Waals surface area contributed by atoms with Crippen LogP contribution < -0.4 is 14.8 Å². The van der Waals surface area contributed by atoms with E-state index >= 15 is 0 Å². The molecule has 1 amide bonds. The molecule has 1 N–H and O–H groups in total. The van der Waals surface area contributed by atoms with Gasteiger partial charge in [0.05, 0.1) is 11.7 Å². The SMILES string of the molecule is Cc1noc(C)c1C(=O)NC(C)c1ccc2c(c1)OCCO2. The van der Waals surface area contributed by atoms with Gasteiger partial charge in [-0.1, -0.05) is 11.2 Å². The minimum atomic E-state index is -0.196. The molecule has 1 aliphatic rings. The predicted molar refractivity (Wildman–Crippen MR) is 79.3 cm³/mol. The van der Waals surface area contributed by atoms with Gasteiger partial charge in [0.2, 0.25) is 0 Å². The number of carbonyl (C=O) groups excluding carboxylic acids is 1. The molecule has 0 bridgehead atoms. The van der Waals surface area contributed by atoms with Crippen molar-refractivity contribution in [2.75, 3.05) is 13.2 Å². The summed E-state index contributed by atoms with van der Waals surface area (Å²) in [5.74, 6) is 1.77. The van der Waals surface area contributed by atoms with E-state index in [9.17, 15) is 4.79 Å². The molecule has 116 valence electrons. The fourth-order valence-electron chi connectivity index (χ4n) is 2.49. The summed E-state index contributed by atoms with van der Waals surface area (Å²) >= 11 is 0. The lowest BCUT2D eigenvalue weighted by atomic mass is 10.1. The van der Waals surface area contributed by atoms with Crippen molar-refractivity contribution in [3.8, 4) is 11.5 Å². The smallest absolute Gasteiger partial charge is 0.257 e. The molecule has 1 unspecified atom stereocenters. The maximum atomic E-state index is 12.4. The molecular weight excluding hydrogens is 284 g/mol. The van der Waals surface area contributed by atoms with E-state index in [2.05, 4.69) is 10.5 Å². The van der Waals surface area contributed by atoms with E-state index < -0.39 is 0 Å². The van der Waals surface area contributed by atoms with Crippen molar-refractivity contribution in [2.24, 2.45) is 0 Å². The molecule has 1 aliphatic heterocycles. The fraction of sp³-hybridized carbons (Fsp3) is 0.375. The van der Waals surface area contributed by atoms with Crippen molar-refractivity contribution in [3.05, 3.63) is 40.8 Å². The van der Waals surface area contributed by atoms with Crippen molar-refractivity contribution in [1.29, 1.82) is 0 Å². The largest absolute Gasteiger partial charge is 0.486 e. The second kappa shape index (κ2) is 5.71.